The average Bonchev–Trinajstić information content (AvgIpc) is 3.00. The highest BCUT2D eigenvalue weighted by Crippen LogP contribution is 2.26. The lowest BCUT2D eigenvalue weighted by Crippen LogP contribution is -2.34. The average molecular weight is 285 g/mol. The smallest absolute Gasteiger partial charge is 0.246 e. The largest absolute Gasteiger partial charge is 0.486 e. The minimum Gasteiger partial charge on any atom is -0.486 e. The van der Waals surface area contributed by atoms with Crippen molar-refractivity contribution in [3.63, 3.8) is 0 Å². The number of piperidine rings is 1. The van der Waals surface area contributed by atoms with E-state index < -0.39 is 0 Å². The number of hydrogen-bond acceptors (Lipinski definition) is 3. The Kier molecular flexibility index (Phi) is 4.24. The molecular formula is C17H19NO3. The normalized spacial score (nSPS) is 21.5. The Morgan fingerprint density at radius 1 is 1.19 bits per heavy atom. The van der Waals surface area contributed by atoms with Gasteiger partial charge in [0.15, 0.2) is 5.76 Å². The predicted octanol–water partition coefficient (Wildman–Crippen LogP) is 2.82. The summed E-state index contributed by atoms with van der Waals surface area (Å²) in [5.74, 6) is 1.61. The Labute approximate surface area is 124 Å². The third-order valence-electron chi connectivity index (χ3n) is 3.70. The lowest BCUT2D eigenvalue weighted by molar-refractivity contribution is -0.126. The number of amides is 1. The molecule has 0 unspecified atom stereocenters. The SMILES string of the molecule is O=C(C=CC=CC1=CC2=CCOC2=CO1)N1CCCCC1. The van der Waals surface area contributed by atoms with Gasteiger partial charge in [-0.15, -0.1) is 0 Å². The van der Waals surface area contributed by atoms with Crippen molar-refractivity contribution >= 4 is 5.91 Å². The van der Waals surface area contributed by atoms with Crippen molar-refractivity contribution in [3.8, 4) is 0 Å². The zero-order valence-corrected chi connectivity index (χ0v) is 12.0. The maximum atomic E-state index is 11.9. The van der Waals surface area contributed by atoms with Gasteiger partial charge in [-0.2, -0.15) is 0 Å². The van der Waals surface area contributed by atoms with E-state index in [2.05, 4.69) is 0 Å². The summed E-state index contributed by atoms with van der Waals surface area (Å²) in [5.41, 5.74) is 1.05. The molecule has 3 aliphatic heterocycles. The lowest BCUT2D eigenvalue weighted by atomic mass is 10.1. The van der Waals surface area contributed by atoms with Gasteiger partial charge >= 0.3 is 0 Å². The van der Waals surface area contributed by atoms with Gasteiger partial charge in [0.25, 0.3) is 0 Å². The fourth-order valence-electron chi connectivity index (χ4n) is 2.54. The number of allylic oxidation sites excluding steroid dienone is 4. The van der Waals surface area contributed by atoms with Gasteiger partial charge in [0.2, 0.25) is 5.91 Å². The fourth-order valence-corrected chi connectivity index (χ4v) is 2.54. The molecule has 0 aromatic rings. The van der Waals surface area contributed by atoms with Crippen molar-refractivity contribution in [1.82, 2.24) is 4.90 Å². The first-order chi connectivity index (χ1) is 10.3. The summed E-state index contributed by atoms with van der Waals surface area (Å²) in [7, 11) is 0. The van der Waals surface area contributed by atoms with Crippen LogP contribution in [-0.4, -0.2) is 30.5 Å². The molecule has 3 heterocycles. The maximum absolute atomic E-state index is 11.9. The molecule has 1 fully saturated rings. The Morgan fingerprint density at radius 3 is 2.90 bits per heavy atom. The first-order valence-corrected chi connectivity index (χ1v) is 7.38. The summed E-state index contributed by atoms with van der Waals surface area (Å²) < 4.78 is 10.8. The molecule has 0 atom stereocenters. The molecule has 4 heteroatoms. The highest BCUT2D eigenvalue weighted by atomic mass is 16.5. The van der Waals surface area contributed by atoms with Crippen molar-refractivity contribution in [2.24, 2.45) is 0 Å². The fraction of sp³-hybridized carbons (Fsp3) is 0.353. The first-order valence-electron chi connectivity index (χ1n) is 7.38. The molecule has 0 aromatic heterocycles. The molecule has 0 radical (unpaired) electrons. The van der Waals surface area contributed by atoms with Crippen molar-refractivity contribution in [1.29, 1.82) is 0 Å². The van der Waals surface area contributed by atoms with Gasteiger partial charge in [-0.25, -0.2) is 0 Å². The van der Waals surface area contributed by atoms with E-state index in [9.17, 15) is 4.79 Å². The van der Waals surface area contributed by atoms with E-state index in [-0.39, 0.29) is 5.91 Å². The quantitative estimate of drug-likeness (QED) is 0.591. The van der Waals surface area contributed by atoms with Crippen LogP contribution < -0.4 is 0 Å². The van der Waals surface area contributed by atoms with Crippen LogP contribution in [0.4, 0.5) is 0 Å². The van der Waals surface area contributed by atoms with Crippen LogP contribution in [0.15, 0.2) is 59.8 Å². The second-order valence-corrected chi connectivity index (χ2v) is 5.22. The van der Waals surface area contributed by atoms with E-state index in [4.69, 9.17) is 9.47 Å². The topological polar surface area (TPSA) is 38.8 Å². The number of nitrogens with zero attached hydrogens (tertiary/aromatic N) is 1. The van der Waals surface area contributed by atoms with E-state index in [0.717, 1.165) is 43.0 Å². The number of hydrogen-bond donors (Lipinski definition) is 0. The van der Waals surface area contributed by atoms with E-state index in [1.165, 1.54) is 6.42 Å². The van der Waals surface area contributed by atoms with Crippen LogP contribution in [0.5, 0.6) is 0 Å². The Morgan fingerprint density at radius 2 is 2.05 bits per heavy atom. The molecule has 0 bridgehead atoms. The molecule has 1 amide bonds. The number of carbonyl (C=O) groups excluding carboxylic acids is 1. The first kappa shape index (κ1) is 13.7. The zero-order valence-electron chi connectivity index (χ0n) is 12.0. The van der Waals surface area contributed by atoms with Gasteiger partial charge in [-0.1, -0.05) is 12.2 Å². The summed E-state index contributed by atoms with van der Waals surface area (Å²) in [4.78, 5) is 13.8. The molecule has 0 saturated carbocycles. The van der Waals surface area contributed by atoms with Crippen LogP contribution in [0.1, 0.15) is 19.3 Å². The number of likely N-dealkylation sites (tertiary alicyclic amines) is 1. The predicted molar refractivity (Wildman–Crippen MR) is 80.0 cm³/mol. The Balaban J connectivity index is 1.52. The van der Waals surface area contributed by atoms with Gasteiger partial charge in [-0.3, -0.25) is 4.79 Å². The van der Waals surface area contributed by atoms with Crippen LogP contribution in [-0.2, 0) is 14.3 Å². The maximum Gasteiger partial charge on any atom is 0.246 e. The second kappa shape index (κ2) is 6.48. The summed E-state index contributed by atoms with van der Waals surface area (Å²) in [6.07, 6.45) is 16.1. The minimum atomic E-state index is 0.0898. The van der Waals surface area contributed by atoms with Crippen molar-refractivity contribution in [2.75, 3.05) is 19.7 Å². The van der Waals surface area contributed by atoms with Crippen LogP contribution in [0.2, 0.25) is 0 Å². The summed E-state index contributed by atoms with van der Waals surface area (Å²) >= 11 is 0. The molecule has 21 heavy (non-hydrogen) atoms. The molecule has 110 valence electrons. The number of carbonyl (C=O) groups is 1. The number of ether oxygens (including phenoxy) is 2. The van der Waals surface area contributed by atoms with Gasteiger partial charge < -0.3 is 14.4 Å². The minimum absolute atomic E-state index is 0.0898. The molecule has 0 aliphatic carbocycles. The molecule has 0 spiro atoms. The molecular weight excluding hydrogens is 266 g/mol. The molecule has 3 aliphatic rings. The third-order valence-corrected chi connectivity index (χ3v) is 3.70. The summed E-state index contributed by atoms with van der Waals surface area (Å²) in [5, 5.41) is 0. The van der Waals surface area contributed by atoms with Crippen molar-refractivity contribution < 1.29 is 14.3 Å². The molecule has 3 rings (SSSR count). The molecule has 0 N–H and O–H groups in total. The molecule has 1 saturated heterocycles. The van der Waals surface area contributed by atoms with Crippen molar-refractivity contribution in [2.45, 2.75) is 19.3 Å². The van der Waals surface area contributed by atoms with Gasteiger partial charge in [-0.05, 0) is 37.5 Å². The highest BCUT2D eigenvalue weighted by Gasteiger charge is 2.16. The second-order valence-electron chi connectivity index (χ2n) is 5.22. The summed E-state index contributed by atoms with van der Waals surface area (Å²) in [6, 6.07) is 0. The van der Waals surface area contributed by atoms with Gasteiger partial charge in [0.1, 0.15) is 18.6 Å². The summed E-state index contributed by atoms with van der Waals surface area (Å²) in [6.45, 7) is 2.36. The standard InChI is InChI=1S/C17H19NO3/c19-17(18-9-4-1-5-10-18)7-3-2-6-15-12-14-8-11-20-16(14)13-21-15/h2-3,6-8,12-13H,1,4-5,9-11H2. The van der Waals surface area contributed by atoms with Gasteiger partial charge in [0, 0.05) is 24.7 Å². The highest BCUT2D eigenvalue weighted by molar-refractivity contribution is 5.87. The Hall–Kier alpha value is -2.23. The van der Waals surface area contributed by atoms with E-state index in [1.807, 2.05) is 29.2 Å². The molecule has 4 nitrogen and oxygen atoms in total. The van der Waals surface area contributed by atoms with Gasteiger partial charge in [0.05, 0.1) is 0 Å². The number of rotatable bonds is 3. The van der Waals surface area contributed by atoms with Crippen molar-refractivity contribution in [3.05, 3.63) is 59.8 Å². The van der Waals surface area contributed by atoms with Crippen LogP contribution in [0.25, 0.3) is 0 Å². The van der Waals surface area contributed by atoms with E-state index >= 15 is 0 Å². The zero-order chi connectivity index (χ0) is 14.5. The van der Waals surface area contributed by atoms with Crippen LogP contribution >= 0.6 is 0 Å². The van der Waals surface area contributed by atoms with Crippen LogP contribution in [0, 0.1) is 0 Å². The molecule has 0 aromatic carbocycles. The lowest BCUT2D eigenvalue weighted by Gasteiger charge is -2.25. The monoisotopic (exact) mass is 285 g/mol. The van der Waals surface area contributed by atoms with E-state index in [0.29, 0.717) is 6.61 Å². The third kappa shape index (κ3) is 3.45. The van der Waals surface area contributed by atoms with Crippen LogP contribution in [0.3, 0.4) is 0 Å². The number of fused-ring (bicyclic) bond motifs is 1. The Bertz CT molecular complexity index is 561. The van der Waals surface area contributed by atoms with E-state index in [1.54, 1.807) is 18.4 Å².